The molecule has 2 aliphatic carbocycles. The third-order valence-corrected chi connectivity index (χ3v) is 10.3. The van der Waals surface area contributed by atoms with Gasteiger partial charge in [-0.2, -0.15) is 10.2 Å². The van der Waals surface area contributed by atoms with Crippen molar-refractivity contribution in [3.8, 4) is 0 Å². The summed E-state index contributed by atoms with van der Waals surface area (Å²) in [5.74, 6) is -0.0781. The van der Waals surface area contributed by atoms with Crippen LogP contribution in [0, 0.1) is 11.6 Å². The molecule has 2 fully saturated rings. The first-order chi connectivity index (χ1) is 25.6. The van der Waals surface area contributed by atoms with E-state index in [1.165, 1.54) is 36.9 Å². The second kappa shape index (κ2) is 12.6. The van der Waals surface area contributed by atoms with E-state index in [0.29, 0.717) is 76.8 Å². The first kappa shape index (κ1) is 32.8. The minimum atomic E-state index is -1.14. The molecular weight excluding hydrogens is 686 g/mol. The number of hydrogen-bond donors (Lipinski definition) is 7. The van der Waals surface area contributed by atoms with Crippen LogP contribution in [0.5, 0.6) is 0 Å². The predicted molar refractivity (Wildman–Crippen MR) is 191 cm³/mol. The molecule has 6 aromatic heterocycles. The van der Waals surface area contributed by atoms with Crippen molar-refractivity contribution in [2.24, 2.45) is 0 Å². The summed E-state index contributed by atoms with van der Waals surface area (Å²) >= 11 is 0. The maximum absolute atomic E-state index is 13.7. The van der Waals surface area contributed by atoms with E-state index >= 15 is 0 Å². The molecule has 15 nitrogen and oxygen atoms in total. The van der Waals surface area contributed by atoms with E-state index in [0.717, 1.165) is 27.5 Å². The molecule has 2 aliphatic rings. The highest BCUT2D eigenvalue weighted by Gasteiger charge is 2.34. The first-order valence-corrected chi connectivity index (χ1v) is 17.1. The smallest absolute Gasteiger partial charge is 0.163 e. The Morgan fingerprint density at radius 1 is 0.736 bits per heavy atom. The van der Waals surface area contributed by atoms with Gasteiger partial charge in [0.25, 0.3) is 0 Å². The second-order valence-corrected chi connectivity index (χ2v) is 13.7. The molecule has 0 aliphatic heterocycles. The normalized spacial score (nSPS) is 20.4. The van der Waals surface area contributed by atoms with Gasteiger partial charge < -0.3 is 36.8 Å². The fourth-order valence-electron chi connectivity index (χ4n) is 7.40. The fourth-order valence-corrected chi connectivity index (χ4v) is 7.40. The van der Waals surface area contributed by atoms with Crippen molar-refractivity contribution in [3.05, 3.63) is 95.6 Å². The number of aromatic amines is 2. The van der Waals surface area contributed by atoms with Crippen LogP contribution in [0.15, 0.2) is 61.4 Å². The summed E-state index contributed by atoms with van der Waals surface area (Å²) in [5, 5.41) is 42.2. The van der Waals surface area contributed by atoms with Gasteiger partial charge in [-0.05, 0) is 67.6 Å². The zero-order valence-corrected chi connectivity index (χ0v) is 28.0. The molecule has 53 heavy (non-hydrogen) atoms. The SMILES string of the molecule is Nc1ncnc2c1c(C(O)c1c[nH]c3ccc(F)cc13)nn2C1CC(O)C1.Nc1ncnc2c1c(Cc1c[nH]c3ccc(F)cc13)nn2C1CC(O)C1. The number of nitrogens with zero attached hydrogens (tertiary/aromatic N) is 8. The number of benzene rings is 2. The maximum Gasteiger partial charge on any atom is 0.163 e. The number of aliphatic hydroxyl groups is 3. The van der Waals surface area contributed by atoms with Crippen LogP contribution < -0.4 is 11.5 Å². The third kappa shape index (κ3) is 5.60. The van der Waals surface area contributed by atoms with Crippen molar-refractivity contribution in [3.63, 3.8) is 0 Å². The first-order valence-electron chi connectivity index (χ1n) is 17.1. The van der Waals surface area contributed by atoms with Gasteiger partial charge in [0.05, 0.1) is 40.8 Å². The Labute approximate surface area is 298 Å². The number of aromatic nitrogens is 10. The average Bonchev–Trinajstić information content (AvgIpc) is 3.90. The molecule has 9 N–H and O–H groups in total. The minimum absolute atomic E-state index is 0.0156. The summed E-state index contributed by atoms with van der Waals surface area (Å²) < 4.78 is 30.9. The molecular formula is C36H34F2N12O3. The monoisotopic (exact) mass is 720 g/mol. The van der Waals surface area contributed by atoms with Crippen molar-refractivity contribution in [1.29, 1.82) is 0 Å². The van der Waals surface area contributed by atoms with E-state index in [1.54, 1.807) is 23.0 Å². The van der Waals surface area contributed by atoms with Gasteiger partial charge in [0.2, 0.25) is 0 Å². The number of nitrogens with one attached hydrogen (secondary N) is 2. The van der Waals surface area contributed by atoms with Gasteiger partial charge in [0.15, 0.2) is 11.3 Å². The number of nitrogen functional groups attached to an aromatic ring is 2. The van der Waals surface area contributed by atoms with Gasteiger partial charge in [-0.3, -0.25) is 0 Å². The lowest BCUT2D eigenvalue weighted by atomic mass is 9.90. The standard InChI is InChI=1S/C18H17FN6O2.C18H17FN6O/c19-8-1-2-13-11(3-8)12(6-21-13)16(27)15-14-17(20)22-7-23-18(14)25(24-15)9-4-10(26)5-9;19-10-1-2-14-13(4-10)9(7-21-14)3-15-16-17(20)22-8-23-18(16)25(24-15)11-5-12(26)6-11/h1-3,6-7,9-10,16,21,26-27H,4-5H2,(H2,20,22,23);1-2,4,7-8,11-12,21,26H,3,5-6H2,(H2,20,22,23). The van der Waals surface area contributed by atoms with Crippen LogP contribution >= 0.6 is 0 Å². The Kier molecular flexibility index (Phi) is 7.79. The van der Waals surface area contributed by atoms with E-state index in [1.807, 2.05) is 10.9 Å². The van der Waals surface area contributed by atoms with E-state index in [9.17, 15) is 24.1 Å². The van der Waals surface area contributed by atoms with Gasteiger partial charge in [-0.1, -0.05) is 0 Å². The molecule has 2 aromatic carbocycles. The molecule has 0 spiro atoms. The van der Waals surface area contributed by atoms with Crippen molar-refractivity contribution in [2.75, 3.05) is 11.5 Å². The molecule has 0 bridgehead atoms. The summed E-state index contributed by atoms with van der Waals surface area (Å²) in [6.45, 7) is 0. The van der Waals surface area contributed by atoms with Crippen molar-refractivity contribution < 1.29 is 24.1 Å². The Hall–Kier alpha value is -6.04. The molecule has 0 saturated heterocycles. The number of aliphatic hydroxyl groups excluding tert-OH is 3. The largest absolute Gasteiger partial charge is 0.393 e. The van der Waals surface area contributed by atoms with Gasteiger partial charge in [0, 0.05) is 46.2 Å². The fraction of sp³-hybridized carbons (Fsp3) is 0.278. The topological polar surface area (TPSA) is 232 Å². The lowest BCUT2D eigenvalue weighted by Crippen LogP contribution is -2.31. The molecule has 2 saturated carbocycles. The van der Waals surface area contributed by atoms with Gasteiger partial charge in [0.1, 0.15) is 47.7 Å². The predicted octanol–water partition coefficient (Wildman–Crippen LogP) is 4.12. The Balaban J connectivity index is 0.000000141. The summed E-state index contributed by atoms with van der Waals surface area (Å²) in [4.78, 5) is 23.0. The number of halogens is 2. The van der Waals surface area contributed by atoms with E-state index in [-0.39, 0.29) is 35.9 Å². The van der Waals surface area contributed by atoms with E-state index in [4.69, 9.17) is 16.6 Å². The van der Waals surface area contributed by atoms with Gasteiger partial charge in [-0.25, -0.2) is 38.1 Å². The highest BCUT2D eigenvalue weighted by atomic mass is 19.1. The molecule has 6 heterocycles. The Bertz CT molecular complexity index is 2660. The molecule has 0 amide bonds. The third-order valence-electron chi connectivity index (χ3n) is 10.3. The highest BCUT2D eigenvalue weighted by Crippen LogP contribution is 2.39. The number of anilines is 2. The lowest BCUT2D eigenvalue weighted by molar-refractivity contribution is 0.0443. The molecule has 10 rings (SSSR count). The van der Waals surface area contributed by atoms with Crippen molar-refractivity contribution >= 4 is 55.5 Å². The van der Waals surface area contributed by atoms with Gasteiger partial charge >= 0.3 is 0 Å². The Morgan fingerprint density at radius 3 is 1.92 bits per heavy atom. The van der Waals surface area contributed by atoms with Crippen LogP contribution in [-0.2, 0) is 6.42 Å². The number of hydrogen-bond acceptors (Lipinski definition) is 11. The summed E-state index contributed by atoms with van der Waals surface area (Å²) in [7, 11) is 0. The lowest BCUT2D eigenvalue weighted by Gasteiger charge is -2.31. The van der Waals surface area contributed by atoms with E-state index < -0.39 is 11.9 Å². The van der Waals surface area contributed by atoms with Crippen LogP contribution in [0.1, 0.15) is 66.4 Å². The van der Waals surface area contributed by atoms with Crippen LogP contribution in [-0.4, -0.2) is 77.0 Å². The number of H-pyrrole nitrogens is 2. The van der Waals surface area contributed by atoms with Crippen LogP contribution in [0.3, 0.4) is 0 Å². The number of fused-ring (bicyclic) bond motifs is 4. The number of rotatable bonds is 6. The van der Waals surface area contributed by atoms with Gasteiger partial charge in [-0.15, -0.1) is 0 Å². The summed E-state index contributed by atoms with van der Waals surface area (Å²) in [6.07, 6.45) is 7.39. The molecule has 1 unspecified atom stereocenters. The molecule has 0 radical (unpaired) electrons. The zero-order chi connectivity index (χ0) is 36.5. The van der Waals surface area contributed by atoms with E-state index in [2.05, 4.69) is 35.0 Å². The van der Waals surface area contributed by atoms with Crippen LogP contribution in [0.2, 0.25) is 0 Å². The van der Waals surface area contributed by atoms with Crippen LogP contribution in [0.4, 0.5) is 20.4 Å². The number of nitrogens with two attached hydrogens (primary N) is 2. The summed E-state index contributed by atoms with van der Waals surface area (Å²) in [6, 6.07) is 9.10. The molecule has 1 atom stereocenters. The molecule has 17 heteroatoms. The van der Waals surface area contributed by atoms with Crippen LogP contribution in [0.25, 0.3) is 43.9 Å². The van der Waals surface area contributed by atoms with Crippen molar-refractivity contribution in [2.45, 2.75) is 62.5 Å². The minimum Gasteiger partial charge on any atom is -0.393 e. The average molecular weight is 721 g/mol. The highest BCUT2D eigenvalue weighted by molar-refractivity contribution is 5.91. The zero-order valence-electron chi connectivity index (χ0n) is 28.0. The quantitative estimate of drug-likeness (QED) is 0.129. The summed E-state index contributed by atoms with van der Waals surface area (Å²) in [5.41, 5.74) is 17.4. The van der Waals surface area contributed by atoms with Crippen molar-refractivity contribution in [1.82, 2.24) is 49.5 Å². The maximum atomic E-state index is 13.7. The second-order valence-electron chi connectivity index (χ2n) is 13.7. The molecule has 270 valence electrons. The Morgan fingerprint density at radius 2 is 1.28 bits per heavy atom. The molecule has 8 aromatic rings.